The standard InChI is InChI=1S/C15H16N4O3/c1-2-3-4-8-21-12-7-5-6-10-9-11(14-16-18-19-17-14)15(20)22-13(10)12/h5-7,9H,2-4,8H2,1H3,(H,16,17,18,19). The number of benzene rings is 1. The lowest BCUT2D eigenvalue weighted by Crippen LogP contribution is -2.05. The molecule has 0 aliphatic heterocycles. The zero-order valence-corrected chi connectivity index (χ0v) is 12.2. The maximum Gasteiger partial charge on any atom is 0.347 e. The van der Waals surface area contributed by atoms with E-state index in [0.717, 1.165) is 24.6 Å². The van der Waals surface area contributed by atoms with Gasteiger partial charge >= 0.3 is 5.63 Å². The topological polar surface area (TPSA) is 93.9 Å². The first-order valence-electron chi connectivity index (χ1n) is 7.23. The normalized spacial score (nSPS) is 11.0. The summed E-state index contributed by atoms with van der Waals surface area (Å²) >= 11 is 0. The average molecular weight is 300 g/mol. The summed E-state index contributed by atoms with van der Waals surface area (Å²) in [7, 11) is 0. The number of fused-ring (bicyclic) bond motifs is 1. The van der Waals surface area contributed by atoms with E-state index in [1.165, 1.54) is 0 Å². The van der Waals surface area contributed by atoms with Crippen molar-refractivity contribution in [2.24, 2.45) is 0 Å². The van der Waals surface area contributed by atoms with Gasteiger partial charge in [-0.1, -0.05) is 31.9 Å². The molecule has 0 aliphatic rings. The summed E-state index contributed by atoms with van der Waals surface area (Å²) in [6.45, 7) is 2.74. The summed E-state index contributed by atoms with van der Waals surface area (Å²) in [4.78, 5) is 12.1. The Morgan fingerprint density at radius 3 is 3.00 bits per heavy atom. The molecule has 0 atom stereocenters. The molecule has 0 spiro atoms. The molecule has 0 amide bonds. The van der Waals surface area contributed by atoms with E-state index in [1.54, 1.807) is 12.1 Å². The van der Waals surface area contributed by atoms with Crippen molar-refractivity contribution in [3.8, 4) is 17.1 Å². The summed E-state index contributed by atoms with van der Waals surface area (Å²) in [5, 5.41) is 14.0. The summed E-state index contributed by atoms with van der Waals surface area (Å²) in [5.74, 6) is 0.859. The number of hydrogen-bond donors (Lipinski definition) is 1. The minimum Gasteiger partial charge on any atom is -0.490 e. The second-order valence-electron chi connectivity index (χ2n) is 4.93. The predicted molar refractivity (Wildman–Crippen MR) is 80.7 cm³/mol. The van der Waals surface area contributed by atoms with Crippen LogP contribution in [0.3, 0.4) is 0 Å². The van der Waals surface area contributed by atoms with Gasteiger partial charge in [0.05, 0.1) is 6.61 Å². The van der Waals surface area contributed by atoms with Gasteiger partial charge < -0.3 is 9.15 Å². The third kappa shape index (κ3) is 2.83. The van der Waals surface area contributed by atoms with Crippen molar-refractivity contribution >= 4 is 11.0 Å². The molecule has 2 aromatic heterocycles. The van der Waals surface area contributed by atoms with E-state index >= 15 is 0 Å². The predicted octanol–water partition coefficient (Wildman–Crippen LogP) is 2.54. The Kier molecular flexibility index (Phi) is 4.13. The minimum atomic E-state index is -0.504. The summed E-state index contributed by atoms with van der Waals surface area (Å²) in [6, 6.07) is 7.21. The number of ether oxygens (including phenoxy) is 1. The van der Waals surface area contributed by atoms with Crippen molar-refractivity contribution in [3.05, 3.63) is 34.7 Å². The summed E-state index contributed by atoms with van der Waals surface area (Å²) < 4.78 is 11.1. The van der Waals surface area contributed by atoms with Gasteiger partial charge in [-0.25, -0.2) is 9.89 Å². The Hall–Kier alpha value is -2.70. The van der Waals surface area contributed by atoms with Crippen molar-refractivity contribution in [1.82, 2.24) is 20.6 Å². The highest BCUT2D eigenvalue weighted by atomic mass is 16.5. The summed E-state index contributed by atoms with van der Waals surface area (Å²) in [6.07, 6.45) is 3.21. The van der Waals surface area contributed by atoms with Gasteiger partial charge in [0, 0.05) is 5.39 Å². The number of nitrogens with one attached hydrogen (secondary N) is 1. The Bertz CT molecular complexity index is 811. The van der Waals surface area contributed by atoms with Gasteiger partial charge in [-0.3, -0.25) is 0 Å². The fourth-order valence-corrected chi connectivity index (χ4v) is 2.20. The number of unbranched alkanes of at least 4 members (excludes halogenated alkanes) is 2. The van der Waals surface area contributed by atoms with Gasteiger partial charge in [-0.05, 0) is 29.0 Å². The van der Waals surface area contributed by atoms with E-state index in [2.05, 4.69) is 27.5 Å². The number of hydrogen-bond acceptors (Lipinski definition) is 6. The van der Waals surface area contributed by atoms with Gasteiger partial charge in [-0.15, -0.1) is 5.10 Å². The zero-order valence-electron chi connectivity index (χ0n) is 12.2. The molecule has 7 heteroatoms. The lowest BCUT2D eigenvalue weighted by atomic mass is 10.1. The van der Waals surface area contributed by atoms with Crippen molar-refractivity contribution in [3.63, 3.8) is 0 Å². The molecule has 1 N–H and O–H groups in total. The van der Waals surface area contributed by atoms with Gasteiger partial charge in [0.1, 0.15) is 5.56 Å². The molecule has 0 aliphatic carbocycles. The van der Waals surface area contributed by atoms with Crippen LogP contribution in [0.4, 0.5) is 0 Å². The molecular weight excluding hydrogens is 284 g/mol. The Labute approximate surface area is 126 Å². The molecule has 0 radical (unpaired) electrons. The molecule has 2 heterocycles. The first-order valence-corrected chi connectivity index (χ1v) is 7.23. The number of para-hydroxylation sites is 1. The van der Waals surface area contributed by atoms with Crippen LogP contribution in [0.5, 0.6) is 5.75 Å². The molecule has 0 unspecified atom stereocenters. The molecule has 22 heavy (non-hydrogen) atoms. The third-order valence-electron chi connectivity index (χ3n) is 3.33. The number of aromatic amines is 1. The molecule has 0 saturated carbocycles. The van der Waals surface area contributed by atoms with Gasteiger partial charge in [0.2, 0.25) is 0 Å². The van der Waals surface area contributed by atoms with Crippen LogP contribution in [-0.4, -0.2) is 27.2 Å². The molecule has 3 aromatic rings. The maximum atomic E-state index is 12.1. The van der Waals surface area contributed by atoms with E-state index < -0.39 is 5.63 Å². The largest absolute Gasteiger partial charge is 0.490 e. The fourth-order valence-electron chi connectivity index (χ4n) is 2.20. The molecule has 114 valence electrons. The molecule has 3 rings (SSSR count). The van der Waals surface area contributed by atoms with E-state index in [-0.39, 0.29) is 5.82 Å². The first kappa shape index (κ1) is 14.2. The van der Waals surface area contributed by atoms with Crippen LogP contribution in [0, 0.1) is 0 Å². The van der Waals surface area contributed by atoms with Crippen molar-refractivity contribution in [1.29, 1.82) is 0 Å². The lowest BCUT2D eigenvalue weighted by molar-refractivity contribution is 0.304. The smallest absolute Gasteiger partial charge is 0.347 e. The van der Waals surface area contributed by atoms with Crippen LogP contribution in [-0.2, 0) is 0 Å². The van der Waals surface area contributed by atoms with Crippen LogP contribution in [0.25, 0.3) is 22.4 Å². The van der Waals surface area contributed by atoms with E-state index in [1.807, 2.05) is 12.1 Å². The molecule has 1 aromatic carbocycles. The third-order valence-corrected chi connectivity index (χ3v) is 3.33. The van der Waals surface area contributed by atoms with Crippen LogP contribution < -0.4 is 10.4 Å². The second kappa shape index (κ2) is 6.38. The van der Waals surface area contributed by atoms with Crippen LogP contribution in [0.2, 0.25) is 0 Å². The van der Waals surface area contributed by atoms with Gasteiger partial charge in [0.25, 0.3) is 0 Å². The average Bonchev–Trinajstić information content (AvgIpc) is 3.05. The number of H-pyrrole nitrogens is 1. The van der Waals surface area contributed by atoms with E-state index in [4.69, 9.17) is 9.15 Å². The van der Waals surface area contributed by atoms with Crippen LogP contribution in [0.15, 0.2) is 33.5 Å². The number of tetrazole rings is 1. The van der Waals surface area contributed by atoms with E-state index in [0.29, 0.717) is 23.5 Å². The Morgan fingerprint density at radius 1 is 1.32 bits per heavy atom. The van der Waals surface area contributed by atoms with Crippen molar-refractivity contribution in [2.75, 3.05) is 6.61 Å². The fraction of sp³-hybridized carbons (Fsp3) is 0.333. The molecule has 0 saturated heterocycles. The SMILES string of the molecule is CCCCCOc1cccc2cc(-c3nnn[nH]3)c(=O)oc12. The monoisotopic (exact) mass is 300 g/mol. The number of aromatic nitrogens is 4. The zero-order chi connectivity index (χ0) is 15.4. The second-order valence-corrected chi connectivity index (χ2v) is 4.93. The molecule has 0 bridgehead atoms. The van der Waals surface area contributed by atoms with Gasteiger partial charge in [0.15, 0.2) is 17.2 Å². The molecule has 7 nitrogen and oxygen atoms in total. The maximum absolute atomic E-state index is 12.1. The van der Waals surface area contributed by atoms with E-state index in [9.17, 15) is 4.79 Å². The Morgan fingerprint density at radius 2 is 2.23 bits per heavy atom. The van der Waals surface area contributed by atoms with Crippen molar-refractivity contribution in [2.45, 2.75) is 26.2 Å². The number of nitrogens with zero attached hydrogens (tertiary/aromatic N) is 3. The molecular formula is C15H16N4O3. The quantitative estimate of drug-likeness (QED) is 0.555. The highest BCUT2D eigenvalue weighted by Gasteiger charge is 2.13. The minimum absolute atomic E-state index is 0.282. The highest BCUT2D eigenvalue weighted by Crippen LogP contribution is 2.26. The first-order chi connectivity index (χ1) is 10.8. The number of rotatable bonds is 6. The van der Waals surface area contributed by atoms with Gasteiger partial charge in [-0.2, -0.15) is 0 Å². The van der Waals surface area contributed by atoms with Crippen molar-refractivity contribution < 1.29 is 9.15 Å². The summed E-state index contributed by atoms with van der Waals surface area (Å²) in [5.41, 5.74) is 0.233. The lowest BCUT2D eigenvalue weighted by Gasteiger charge is -2.08. The highest BCUT2D eigenvalue weighted by molar-refractivity contribution is 5.85. The van der Waals surface area contributed by atoms with Crippen LogP contribution >= 0.6 is 0 Å². The Balaban J connectivity index is 1.96. The van der Waals surface area contributed by atoms with Crippen LogP contribution in [0.1, 0.15) is 26.2 Å². The molecule has 0 fully saturated rings.